The van der Waals surface area contributed by atoms with E-state index < -0.39 is 37.8 Å². The van der Waals surface area contributed by atoms with E-state index in [1.165, 1.54) is 17.7 Å². The summed E-state index contributed by atoms with van der Waals surface area (Å²) < 4.78 is 18.1. The van der Waals surface area contributed by atoms with Gasteiger partial charge in [0, 0.05) is 11.9 Å². The monoisotopic (exact) mass is 452 g/mol. The molecule has 0 aliphatic carbocycles. The zero-order valence-corrected chi connectivity index (χ0v) is 18.2. The van der Waals surface area contributed by atoms with Crippen LogP contribution in [0.1, 0.15) is 32.6 Å². The number of hydrogen-bond donors (Lipinski definition) is 1. The molecule has 0 aromatic rings. The van der Waals surface area contributed by atoms with Crippen molar-refractivity contribution >= 4 is 55.2 Å². The summed E-state index contributed by atoms with van der Waals surface area (Å²) in [7, 11) is -0.947. The number of amides is 2. The SMILES string of the molecule is CCCCCC[SiH2]OC(=O)C1(CBr)CN2C(=O)C(NC=O)[C@H]2[S+]([O-])C1. The summed E-state index contributed by atoms with van der Waals surface area (Å²) in [5.41, 5.74) is -0.959. The number of carbonyl (C=O) groups excluding carboxylic acids is 3. The number of hydrogen-bond acceptors (Lipinski definition) is 5. The third-order valence-electron chi connectivity index (χ3n) is 4.72. The van der Waals surface area contributed by atoms with Crippen LogP contribution in [0, 0.1) is 5.41 Å². The molecule has 7 nitrogen and oxygen atoms in total. The molecule has 0 aromatic heterocycles. The molecule has 3 unspecified atom stereocenters. The fourth-order valence-corrected chi connectivity index (χ4v) is 7.27. The van der Waals surface area contributed by atoms with E-state index in [2.05, 4.69) is 28.2 Å². The second-order valence-corrected chi connectivity index (χ2v) is 10.1. The van der Waals surface area contributed by atoms with Gasteiger partial charge >= 0.3 is 5.97 Å². The first-order valence-electron chi connectivity index (χ1n) is 8.61. The van der Waals surface area contributed by atoms with Gasteiger partial charge in [-0.3, -0.25) is 19.3 Å². The quantitative estimate of drug-likeness (QED) is 0.126. The Bertz CT molecular complexity index is 514. The lowest BCUT2D eigenvalue weighted by Gasteiger charge is -2.53. The molecule has 2 rings (SSSR count). The molecule has 0 radical (unpaired) electrons. The van der Waals surface area contributed by atoms with Crippen molar-refractivity contribution in [3.8, 4) is 0 Å². The van der Waals surface area contributed by atoms with Crippen LogP contribution < -0.4 is 5.32 Å². The van der Waals surface area contributed by atoms with Crippen molar-refractivity contribution in [2.75, 3.05) is 17.6 Å². The molecule has 1 N–H and O–H groups in total. The molecule has 0 spiro atoms. The van der Waals surface area contributed by atoms with Gasteiger partial charge in [0.05, 0.1) is 0 Å². The first-order chi connectivity index (χ1) is 12.0. The molecule has 2 aliphatic rings. The summed E-state index contributed by atoms with van der Waals surface area (Å²) in [5, 5.41) is 2.17. The van der Waals surface area contributed by atoms with Gasteiger partial charge in [0.1, 0.15) is 11.2 Å². The lowest BCUT2D eigenvalue weighted by atomic mass is 9.89. The summed E-state index contributed by atoms with van der Waals surface area (Å²) in [4.78, 5) is 36.8. The summed E-state index contributed by atoms with van der Waals surface area (Å²) in [5.74, 6) is -0.495. The molecule has 10 heteroatoms. The lowest BCUT2D eigenvalue weighted by Crippen LogP contribution is -2.78. The van der Waals surface area contributed by atoms with Gasteiger partial charge in [-0.1, -0.05) is 48.5 Å². The highest BCUT2D eigenvalue weighted by atomic mass is 79.9. The first-order valence-corrected chi connectivity index (χ1v) is 12.7. The Hall–Kier alpha value is -0.583. The molecule has 25 heavy (non-hydrogen) atoms. The van der Waals surface area contributed by atoms with Crippen LogP contribution in [0.5, 0.6) is 0 Å². The fraction of sp³-hybridized carbons (Fsp3) is 0.800. The average Bonchev–Trinajstić information content (AvgIpc) is 2.61. The molecule has 2 fully saturated rings. The van der Waals surface area contributed by atoms with Gasteiger partial charge < -0.3 is 14.3 Å². The summed E-state index contributed by atoms with van der Waals surface area (Å²) in [6.45, 7) is 2.34. The Balaban J connectivity index is 1.91. The number of fused-ring (bicyclic) bond motifs is 1. The number of rotatable bonds is 10. The third-order valence-corrected chi connectivity index (χ3v) is 8.95. The van der Waals surface area contributed by atoms with Crippen molar-refractivity contribution in [1.82, 2.24) is 10.2 Å². The van der Waals surface area contributed by atoms with E-state index in [1.807, 2.05) is 0 Å². The van der Waals surface area contributed by atoms with Crippen LogP contribution in [0.15, 0.2) is 0 Å². The predicted octanol–water partition coefficient (Wildman–Crippen LogP) is 0.0385. The Morgan fingerprint density at radius 2 is 2.32 bits per heavy atom. The summed E-state index contributed by atoms with van der Waals surface area (Å²) in [6, 6.07) is 0.208. The van der Waals surface area contributed by atoms with E-state index in [9.17, 15) is 18.9 Å². The van der Waals surface area contributed by atoms with E-state index in [0.29, 0.717) is 11.7 Å². The smallest absolute Gasteiger partial charge is 0.305 e. The first kappa shape index (κ1) is 20.7. The molecule has 142 valence electrons. The Kier molecular flexibility index (Phi) is 7.78. The maximum atomic E-state index is 12.6. The molecule has 0 saturated carbocycles. The Labute approximate surface area is 161 Å². The largest absolute Gasteiger partial charge is 0.615 e. The number of nitrogens with zero attached hydrogens (tertiary/aromatic N) is 1. The number of alkyl halides is 1. The summed E-state index contributed by atoms with van der Waals surface area (Å²) >= 11 is 1.93. The second-order valence-electron chi connectivity index (χ2n) is 6.61. The van der Waals surface area contributed by atoms with Crippen LogP contribution in [0.4, 0.5) is 0 Å². The lowest BCUT2D eigenvalue weighted by molar-refractivity contribution is -0.156. The van der Waals surface area contributed by atoms with Crippen LogP contribution >= 0.6 is 15.9 Å². The minimum atomic E-state index is -1.41. The molecule has 2 aliphatic heterocycles. The highest BCUT2D eigenvalue weighted by molar-refractivity contribution is 9.09. The highest BCUT2D eigenvalue weighted by Gasteiger charge is 2.63. The van der Waals surface area contributed by atoms with Crippen LogP contribution in [0.25, 0.3) is 0 Å². The minimum Gasteiger partial charge on any atom is -0.615 e. The third kappa shape index (κ3) is 4.40. The number of nitrogens with one attached hydrogen (secondary N) is 1. The van der Waals surface area contributed by atoms with Crippen molar-refractivity contribution in [1.29, 1.82) is 0 Å². The standard InChI is InChI=1S/C15H25BrN2O5SSi/c1-2-3-4-5-6-25-23-14(21)15(7-16)8-18-12(20)11(17-10-19)13(18)24(22)9-15/h10-11,13H,2-9,25H2,1H3,(H,17,19)/t11?,13-,15?,24?/m1/s1. The topological polar surface area (TPSA) is 98.8 Å². The summed E-state index contributed by atoms with van der Waals surface area (Å²) in [6.07, 6.45) is 5.05. The maximum Gasteiger partial charge on any atom is 0.305 e. The van der Waals surface area contributed by atoms with E-state index in [4.69, 9.17) is 4.43 Å². The van der Waals surface area contributed by atoms with E-state index in [-0.39, 0.29) is 24.2 Å². The zero-order valence-electron chi connectivity index (χ0n) is 14.4. The van der Waals surface area contributed by atoms with Gasteiger partial charge in [0.15, 0.2) is 6.04 Å². The van der Waals surface area contributed by atoms with Crippen molar-refractivity contribution in [2.45, 2.75) is 50.1 Å². The van der Waals surface area contributed by atoms with E-state index in [1.54, 1.807) is 0 Å². The number of carbonyl (C=O) groups is 3. The molecule has 2 amide bonds. The Morgan fingerprint density at radius 3 is 2.96 bits per heavy atom. The zero-order chi connectivity index (χ0) is 18.4. The van der Waals surface area contributed by atoms with Crippen molar-refractivity contribution < 1.29 is 23.4 Å². The van der Waals surface area contributed by atoms with Crippen molar-refractivity contribution in [3.63, 3.8) is 0 Å². The number of β-lactam (4-membered cyclic amide) rings is 1. The van der Waals surface area contributed by atoms with Gasteiger partial charge in [0.25, 0.3) is 5.91 Å². The number of unbranched alkanes of at least 4 members (excludes halogenated alkanes) is 3. The normalized spacial score (nSPS) is 31.6. The van der Waals surface area contributed by atoms with Crippen molar-refractivity contribution in [2.24, 2.45) is 5.41 Å². The highest BCUT2D eigenvalue weighted by Crippen LogP contribution is 2.39. The molecular weight excluding hydrogens is 428 g/mol. The van der Waals surface area contributed by atoms with E-state index >= 15 is 0 Å². The van der Waals surface area contributed by atoms with Crippen LogP contribution in [0.3, 0.4) is 0 Å². The van der Waals surface area contributed by atoms with Gasteiger partial charge in [0.2, 0.25) is 21.5 Å². The second kappa shape index (κ2) is 9.38. The van der Waals surface area contributed by atoms with Crippen LogP contribution in [-0.2, 0) is 30.0 Å². The maximum absolute atomic E-state index is 12.6. The molecule has 2 heterocycles. The van der Waals surface area contributed by atoms with E-state index in [0.717, 1.165) is 18.9 Å². The van der Waals surface area contributed by atoms with Gasteiger partial charge in [-0.25, -0.2) is 0 Å². The minimum absolute atomic E-state index is 0.146. The molecule has 0 aromatic carbocycles. The molecule has 4 atom stereocenters. The van der Waals surface area contributed by atoms with Gasteiger partial charge in [-0.2, -0.15) is 0 Å². The van der Waals surface area contributed by atoms with Crippen molar-refractivity contribution in [3.05, 3.63) is 0 Å². The fourth-order valence-electron chi connectivity index (χ4n) is 3.22. The predicted molar refractivity (Wildman–Crippen MR) is 101 cm³/mol. The Morgan fingerprint density at radius 1 is 1.56 bits per heavy atom. The van der Waals surface area contributed by atoms with Gasteiger partial charge in [-0.15, -0.1) is 0 Å². The van der Waals surface area contributed by atoms with Crippen LogP contribution in [-0.4, -0.2) is 66.5 Å². The molecule has 0 bridgehead atoms. The number of halogens is 1. The van der Waals surface area contributed by atoms with Gasteiger partial charge in [-0.05, 0) is 17.2 Å². The molecular formula is C15H25BrN2O5SSi. The molecule has 2 saturated heterocycles. The van der Waals surface area contributed by atoms with Crippen LogP contribution in [0.2, 0.25) is 6.04 Å². The average molecular weight is 453 g/mol.